The van der Waals surface area contributed by atoms with Crippen LogP contribution in [0.5, 0.6) is 0 Å². The van der Waals surface area contributed by atoms with Crippen LogP contribution in [0.15, 0.2) is 10.9 Å². The van der Waals surface area contributed by atoms with Crippen LogP contribution in [0.1, 0.15) is 49.4 Å². The van der Waals surface area contributed by atoms with E-state index in [1.165, 1.54) is 0 Å². The van der Waals surface area contributed by atoms with Crippen molar-refractivity contribution in [3.8, 4) is 0 Å². The van der Waals surface area contributed by atoms with Gasteiger partial charge in [-0.05, 0) is 6.42 Å². The Kier molecular flexibility index (Phi) is 4.07. The van der Waals surface area contributed by atoms with Crippen molar-refractivity contribution in [1.29, 1.82) is 0 Å². The zero-order valence-electron chi connectivity index (χ0n) is 11.7. The topological polar surface area (TPSA) is 79.6 Å². The first-order chi connectivity index (χ1) is 9.76. The molecule has 108 valence electrons. The Morgan fingerprint density at radius 2 is 2.45 bits per heavy atom. The molecular formula is C13H19N5OS. The fraction of sp³-hybridized carbons (Fsp3) is 0.615. The number of nitrogens with zero attached hydrogens (tertiary/aromatic N) is 3. The van der Waals surface area contributed by atoms with Crippen molar-refractivity contribution in [2.45, 2.75) is 50.3 Å². The van der Waals surface area contributed by atoms with Crippen LogP contribution in [0.3, 0.4) is 0 Å². The molecule has 0 saturated heterocycles. The van der Waals surface area contributed by atoms with Gasteiger partial charge in [-0.1, -0.05) is 19.0 Å². The van der Waals surface area contributed by atoms with E-state index >= 15 is 0 Å². The van der Waals surface area contributed by atoms with Crippen LogP contribution >= 0.6 is 11.8 Å². The molecular weight excluding hydrogens is 274 g/mol. The van der Waals surface area contributed by atoms with Gasteiger partial charge in [0.25, 0.3) is 0 Å². The summed E-state index contributed by atoms with van der Waals surface area (Å²) in [6.45, 7) is 5.17. The molecule has 0 aromatic carbocycles. The van der Waals surface area contributed by atoms with E-state index < -0.39 is 0 Å². The summed E-state index contributed by atoms with van der Waals surface area (Å²) in [5.74, 6) is 2.25. The lowest BCUT2D eigenvalue weighted by Crippen LogP contribution is -2.28. The molecule has 7 heteroatoms. The van der Waals surface area contributed by atoms with Crippen molar-refractivity contribution in [2.24, 2.45) is 0 Å². The maximum Gasteiger partial charge on any atom is 0.244 e. The van der Waals surface area contributed by atoms with E-state index in [9.17, 15) is 0 Å². The summed E-state index contributed by atoms with van der Waals surface area (Å²) >= 11 is 1.86. The molecule has 3 heterocycles. The molecule has 2 N–H and O–H groups in total. The lowest BCUT2D eigenvalue weighted by Gasteiger charge is -2.19. The zero-order valence-corrected chi connectivity index (χ0v) is 12.5. The van der Waals surface area contributed by atoms with Gasteiger partial charge >= 0.3 is 0 Å². The van der Waals surface area contributed by atoms with Crippen molar-refractivity contribution >= 4 is 11.8 Å². The maximum absolute atomic E-state index is 5.39. The van der Waals surface area contributed by atoms with Gasteiger partial charge in [0, 0.05) is 18.2 Å². The molecule has 2 aromatic rings. The minimum Gasteiger partial charge on any atom is -0.347 e. The van der Waals surface area contributed by atoms with Crippen LogP contribution in [-0.2, 0) is 18.7 Å². The second-order valence-electron chi connectivity index (χ2n) is 5.04. The van der Waals surface area contributed by atoms with Crippen LogP contribution in [0.2, 0.25) is 0 Å². The molecule has 1 aliphatic rings. The monoisotopic (exact) mass is 293 g/mol. The molecule has 2 unspecified atom stereocenters. The number of aromatic nitrogens is 4. The van der Waals surface area contributed by atoms with E-state index in [-0.39, 0.29) is 6.04 Å². The standard InChI is InChI=1S/C13H19N5OS/c1-3-8(2)20-6-12-17-13(19-18-12)10-4-9-11(5-14-10)16-7-15-9/h7-8,10,14H,3-6H2,1-2H3,(H,15,16). The van der Waals surface area contributed by atoms with E-state index in [2.05, 4.69) is 39.3 Å². The van der Waals surface area contributed by atoms with E-state index in [0.717, 1.165) is 42.4 Å². The Morgan fingerprint density at radius 3 is 3.30 bits per heavy atom. The van der Waals surface area contributed by atoms with E-state index in [0.29, 0.717) is 11.1 Å². The number of hydrogen-bond donors (Lipinski definition) is 2. The van der Waals surface area contributed by atoms with Gasteiger partial charge in [-0.25, -0.2) is 4.98 Å². The van der Waals surface area contributed by atoms with Crippen LogP contribution in [0.4, 0.5) is 0 Å². The molecule has 0 bridgehead atoms. The number of rotatable bonds is 5. The Hall–Kier alpha value is -1.34. The minimum atomic E-state index is 0.0700. The quantitative estimate of drug-likeness (QED) is 0.880. The Balaban J connectivity index is 1.63. The Morgan fingerprint density at radius 1 is 1.55 bits per heavy atom. The number of nitrogens with one attached hydrogen (secondary N) is 2. The third-order valence-corrected chi connectivity index (χ3v) is 4.91. The fourth-order valence-electron chi connectivity index (χ4n) is 2.15. The van der Waals surface area contributed by atoms with Crippen molar-refractivity contribution in [3.05, 3.63) is 29.4 Å². The summed E-state index contributed by atoms with van der Waals surface area (Å²) in [6.07, 6.45) is 3.68. The minimum absolute atomic E-state index is 0.0700. The highest BCUT2D eigenvalue weighted by Gasteiger charge is 2.25. The van der Waals surface area contributed by atoms with Gasteiger partial charge in [-0.15, -0.1) is 0 Å². The summed E-state index contributed by atoms with van der Waals surface area (Å²) in [7, 11) is 0. The molecule has 20 heavy (non-hydrogen) atoms. The number of H-pyrrole nitrogens is 1. The summed E-state index contributed by atoms with van der Waals surface area (Å²) in [5.41, 5.74) is 2.23. The van der Waals surface area contributed by atoms with Crippen molar-refractivity contribution in [2.75, 3.05) is 0 Å². The molecule has 2 aromatic heterocycles. The van der Waals surface area contributed by atoms with Crippen LogP contribution in [0, 0.1) is 0 Å². The number of fused-ring (bicyclic) bond motifs is 1. The molecule has 3 rings (SSSR count). The molecule has 1 aliphatic heterocycles. The van der Waals surface area contributed by atoms with Crippen LogP contribution in [-0.4, -0.2) is 25.4 Å². The highest BCUT2D eigenvalue weighted by Crippen LogP contribution is 2.24. The number of hydrogen-bond acceptors (Lipinski definition) is 6. The second kappa shape index (κ2) is 5.97. The zero-order chi connectivity index (χ0) is 13.9. The second-order valence-corrected chi connectivity index (χ2v) is 6.47. The molecule has 0 spiro atoms. The van der Waals surface area contributed by atoms with Gasteiger partial charge in [0.1, 0.15) is 0 Å². The van der Waals surface area contributed by atoms with E-state index in [1.54, 1.807) is 6.33 Å². The molecule has 0 radical (unpaired) electrons. The van der Waals surface area contributed by atoms with Gasteiger partial charge in [0.2, 0.25) is 5.89 Å². The van der Waals surface area contributed by atoms with Crippen LogP contribution < -0.4 is 5.32 Å². The average Bonchev–Trinajstić information content (AvgIpc) is 3.12. The molecule has 0 fully saturated rings. The third kappa shape index (κ3) is 2.88. The van der Waals surface area contributed by atoms with Gasteiger partial charge in [-0.2, -0.15) is 16.7 Å². The summed E-state index contributed by atoms with van der Waals surface area (Å²) in [6, 6.07) is 0.0700. The molecule has 0 saturated carbocycles. The van der Waals surface area contributed by atoms with E-state index in [1.807, 2.05) is 11.8 Å². The van der Waals surface area contributed by atoms with Crippen molar-refractivity contribution in [1.82, 2.24) is 25.4 Å². The predicted molar refractivity (Wildman–Crippen MR) is 77.2 cm³/mol. The summed E-state index contributed by atoms with van der Waals surface area (Å²) < 4.78 is 5.39. The first-order valence-corrected chi connectivity index (χ1v) is 7.99. The highest BCUT2D eigenvalue weighted by atomic mass is 32.2. The fourth-order valence-corrected chi connectivity index (χ4v) is 2.93. The van der Waals surface area contributed by atoms with Crippen LogP contribution in [0.25, 0.3) is 0 Å². The molecule has 2 atom stereocenters. The van der Waals surface area contributed by atoms with Gasteiger partial charge in [0.15, 0.2) is 5.82 Å². The lowest BCUT2D eigenvalue weighted by molar-refractivity contribution is 0.317. The smallest absolute Gasteiger partial charge is 0.244 e. The third-order valence-electron chi connectivity index (χ3n) is 3.58. The molecule has 0 aliphatic carbocycles. The predicted octanol–water partition coefficient (Wildman–Crippen LogP) is 2.21. The lowest BCUT2D eigenvalue weighted by atomic mass is 10.1. The Bertz CT molecular complexity index is 567. The summed E-state index contributed by atoms with van der Waals surface area (Å²) in [4.78, 5) is 11.9. The van der Waals surface area contributed by atoms with Crippen molar-refractivity contribution in [3.63, 3.8) is 0 Å². The van der Waals surface area contributed by atoms with Gasteiger partial charge in [0.05, 0.1) is 29.5 Å². The highest BCUT2D eigenvalue weighted by molar-refractivity contribution is 7.99. The average molecular weight is 293 g/mol. The first-order valence-electron chi connectivity index (χ1n) is 6.94. The maximum atomic E-state index is 5.39. The first kappa shape index (κ1) is 13.6. The number of thioether (sulfide) groups is 1. The van der Waals surface area contributed by atoms with Gasteiger partial charge < -0.3 is 9.51 Å². The van der Waals surface area contributed by atoms with Gasteiger partial charge in [-0.3, -0.25) is 5.32 Å². The number of imidazole rings is 1. The van der Waals surface area contributed by atoms with Crippen molar-refractivity contribution < 1.29 is 4.52 Å². The number of aromatic amines is 1. The normalized spacial score (nSPS) is 19.8. The molecule has 0 amide bonds. The summed E-state index contributed by atoms with van der Waals surface area (Å²) in [5, 5.41) is 8.08. The Labute approximate surface area is 122 Å². The largest absolute Gasteiger partial charge is 0.347 e. The SMILES string of the molecule is CCC(C)SCc1noc(C2Cc3nc[nH]c3CN2)n1. The molecule has 6 nitrogen and oxygen atoms in total. The van der Waals surface area contributed by atoms with E-state index in [4.69, 9.17) is 4.52 Å².